The highest BCUT2D eigenvalue weighted by atomic mass is 79.9. The van der Waals surface area contributed by atoms with Gasteiger partial charge >= 0.3 is 5.63 Å². The second kappa shape index (κ2) is 3.86. The van der Waals surface area contributed by atoms with Gasteiger partial charge in [-0.15, -0.1) is 0 Å². The van der Waals surface area contributed by atoms with Crippen molar-refractivity contribution < 1.29 is 4.42 Å². The highest BCUT2D eigenvalue weighted by Gasteiger charge is 2.07. The van der Waals surface area contributed by atoms with Crippen LogP contribution in [0.5, 0.6) is 0 Å². The Labute approximate surface area is 110 Å². The van der Waals surface area contributed by atoms with Crippen molar-refractivity contribution >= 4 is 49.3 Å². The minimum Gasteiger partial charge on any atom is -0.421 e. The minimum atomic E-state index is -0.384. The summed E-state index contributed by atoms with van der Waals surface area (Å²) >= 11 is 9.26. The van der Waals surface area contributed by atoms with Crippen LogP contribution >= 0.6 is 27.5 Å². The molecular formula is C13H6BrClO2. The van der Waals surface area contributed by atoms with E-state index in [1.807, 2.05) is 30.3 Å². The second-order valence-electron chi connectivity index (χ2n) is 3.70. The van der Waals surface area contributed by atoms with E-state index in [1.165, 1.54) is 0 Å². The highest BCUT2D eigenvalue weighted by molar-refractivity contribution is 9.10. The maximum absolute atomic E-state index is 11.5. The van der Waals surface area contributed by atoms with E-state index in [9.17, 15) is 4.79 Å². The van der Waals surface area contributed by atoms with Crippen LogP contribution in [0.2, 0.25) is 5.02 Å². The normalized spacial score (nSPS) is 11.2. The number of hydrogen-bond acceptors (Lipinski definition) is 2. The number of rotatable bonds is 0. The average molecular weight is 310 g/mol. The summed E-state index contributed by atoms with van der Waals surface area (Å²) in [4.78, 5) is 11.5. The molecule has 0 radical (unpaired) electrons. The predicted octanol–water partition coefficient (Wildman–Crippen LogP) is 4.36. The van der Waals surface area contributed by atoms with Gasteiger partial charge in [-0.2, -0.15) is 0 Å². The fourth-order valence-corrected chi connectivity index (χ4v) is 2.44. The fourth-order valence-electron chi connectivity index (χ4n) is 1.87. The summed E-state index contributed by atoms with van der Waals surface area (Å²) in [5, 5.41) is 3.24. The molecule has 2 nitrogen and oxygen atoms in total. The van der Waals surface area contributed by atoms with Crippen LogP contribution in [0.25, 0.3) is 21.7 Å². The Kier molecular flexibility index (Phi) is 2.45. The standard InChI is InChI=1S/C13H6BrClO2/c14-10-6-7-4-5-8-9(2-1-3-11(8)15)12(7)17-13(10)16/h1-6H. The lowest BCUT2D eigenvalue weighted by Crippen LogP contribution is -1.98. The summed E-state index contributed by atoms with van der Waals surface area (Å²) in [6.45, 7) is 0. The molecule has 0 atom stereocenters. The Bertz CT molecular complexity index is 792. The molecule has 0 bridgehead atoms. The Morgan fingerprint density at radius 1 is 1.12 bits per heavy atom. The van der Waals surface area contributed by atoms with Gasteiger partial charge in [0.1, 0.15) is 10.1 Å². The first-order valence-electron chi connectivity index (χ1n) is 4.97. The van der Waals surface area contributed by atoms with E-state index < -0.39 is 0 Å². The first-order chi connectivity index (χ1) is 8.16. The quantitative estimate of drug-likeness (QED) is 0.456. The van der Waals surface area contributed by atoms with Crippen LogP contribution in [0.3, 0.4) is 0 Å². The van der Waals surface area contributed by atoms with Crippen LogP contribution < -0.4 is 5.63 Å². The molecule has 0 aliphatic rings. The van der Waals surface area contributed by atoms with Crippen LogP contribution in [0.4, 0.5) is 0 Å². The molecule has 3 aromatic rings. The number of benzene rings is 2. The van der Waals surface area contributed by atoms with Crippen LogP contribution in [-0.2, 0) is 0 Å². The van der Waals surface area contributed by atoms with Crippen LogP contribution in [0.15, 0.2) is 50.1 Å². The fraction of sp³-hybridized carbons (Fsp3) is 0. The molecule has 0 spiro atoms. The van der Waals surface area contributed by atoms with Gasteiger partial charge in [0.05, 0.1) is 0 Å². The zero-order valence-corrected chi connectivity index (χ0v) is 10.9. The SMILES string of the molecule is O=c1oc2c(ccc3c(Cl)cccc32)cc1Br. The van der Waals surface area contributed by atoms with Crippen molar-refractivity contribution in [2.75, 3.05) is 0 Å². The lowest BCUT2D eigenvalue weighted by molar-refractivity contribution is 0.559. The minimum absolute atomic E-state index is 0.384. The molecule has 0 unspecified atom stereocenters. The number of halogens is 2. The largest absolute Gasteiger partial charge is 0.421 e. The summed E-state index contributed by atoms with van der Waals surface area (Å²) < 4.78 is 5.72. The van der Waals surface area contributed by atoms with E-state index in [0.717, 1.165) is 16.2 Å². The smallest absolute Gasteiger partial charge is 0.350 e. The van der Waals surface area contributed by atoms with Crippen molar-refractivity contribution in [3.63, 3.8) is 0 Å². The second-order valence-corrected chi connectivity index (χ2v) is 4.96. The van der Waals surface area contributed by atoms with Crippen molar-refractivity contribution in [1.82, 2.24) is 0 Å². The molecule has 1 aromatic heterocycles. The van der Waals surface area contributed by atoms with Gasteiger partial charge in [-0.3, -0.25) is 0 Å². The molecule has 1 heterocycles. The van der Waals surface area contributed by atoms with Crippen molar-refractivity contribution in [3.8, 4) is 0 Å². The Balaban J connectivity index is 2.60. The highest BCUT2D eigenvalue weighted by Crippen LogP contribution is 2.30. The zero-order chi connectivity index (χ0) is 12.0. The Morgan fingerprint density at radius 2 is 1.94 bits per heavy atom. The van der Waals surface area contributed by atoms with E-state index in [1.54, 1.807) is 6.07 Å². The summed E-state index contributed by atoms with van der Waals surface area (Å²) in [5.41, 5.74) is 0.183. The maximum atomic E-state index is 11.5. The van der Waals surface area contributed by atoms with Gasteiger partial charge in [0.15, 0.2) is 0 Å². The van der Waals surface area contributed by atoms with Crippen molar-refractivity contribution in [1.29, 1.82) is 0 Å². The van der Waals surface area contributed by atoms with Gasteiger partial charge < -0.3 is 4.42 Å². The first kappa shape index (κ1) is 10.8. The molecule has 4 heteroatoms. The van der Waals surface area contributed by atoms with E-state index in [0.29, 0.717) is 15.1 Å². The molecule has 0 amide bonds. The van der Waals surface area contributed by atoms with E-state index in [4.69, 9.17) is 16.0 Å². The van der Waals surface area contributed by atoms with Crippen molar-refractivity contribution in [2.45, 2.75) is 0 Å². The summed E-state index contributed by atoms with van der Waals surface area (Å²) in [6.07, 6.45) is 0. The molecule has 17 heavy (non-hydrogen) atoms. The van der Waals surface area contributed by atoms with Gasteiger partial charge in [0, 0.05) is 21.2 Å². The van der Waals surface area contributed by atoms with Gasteiger partial charge in [0.2, 0.25) is 0 Å². The lowest BCUT2D eigenvalue weighted by atomic mass is 10.1. The Hall–Kier alpha value is -1.32. The third-order valence-corrected chi connectivity index (χ3v) is 3.54. The average Bonchev–Trinajstić information content (AvgIpc) is 2.31. The molecule has 0 fully saturated rings. The van der Waals surface area contributed by atoms with E-state index >= 15 is 0 Å². The van der Waals surface area contributed by atoms with Crippen LogP contribution in [-0.4, -0.2) is 0 Å². The lowest BCUT2D eigenvalue weighted by Gasteiger charge is -2.03. The number of hydrogen-bond donors (Lipinski definition) is 0. The molecule has 2 aromatic carbocycles. The molecule has 0 aliphatic heterocycles. The van der Waals surface area contributed by atoms with Gasteiger partial charge in [-0.05, 0) is 28.1 Å². The molecule has 3 rings (SSSR count). The van der Waals surface area contributed by atoms with Crippen LogP contribution in [0.1, 0.15) is 0 Å². The summed E-state index contributed by atoms with van der Waals surface area (Å²) in [6, 6.07) is 11.1. The molecule has 0 saturated heterocycles. The first-order valence-corrected chi connectivity index (χ1v) is 6.14. The summed E-state index contributed by atoms with van der Waals surface area (Å²) in [7, 11) is 0. The maximum Gasteiger partial charge on any atom is 0.350 e. The summed E-state index contributed by atoms with van der Waals surface area (Å²) in [5.74, 6) is 0. The molecule has 84 valence electrons. The monoisotopic (exact) mass is 308 g/mol. The Morgan fingerprint density at radius 3 is 2.76 bits per heavy atom. The third-order valence-electron chi connectivity index (χ3n) is 2.66. The third kappa shape index (κ3) is 1.66. The van der Waals surface area contributed by atoms with Crippen LogP contribution in [0, 0.1) is 0 Å². The van der Waals surface area contributed by atoms with Gasteiger partial charge in [0.25, 0.3) is 0 Å². The molecule has 0 N–H and O–H groups in total. The predicted molar refractivity (Wildman–Crippen MR) is 72.7 cm³/mol. The van der Waals surface area contributed by atoms with Crippen molar-refractivity contribution in [3.05, 3.63) is 56.3 Å². The van der Waals surface area contributed by atoms with Gasteiger partial charge in [-0.25, -0.2) is 4.79 Å². The topological polar surface area (TPSA) is 30.2 Å². The number of fused-ring (bicyclic) bond motifs is 3. The molecule has 0 saturated carbocycles. The zero-order valence-electron chi connectivity index (χ0n) is 8.54. The van der Waals surface area contributed by atoms with E-state index in [2.05, 4.69) is 15.9 Å². The van der Waals surface area contributed by atoms with Crippen molar-refractivity contribution in [2.24, 2.45) is 0 Å². The molecule has 0 aliphatic carbocycles. The molecular weight excluding hydrogens is 303 g/mol. The van der Waals surface area contributed by atoms with Gasteiger partial charge in [-0.1, -0.05) is 35.9 Å². The van der Waals surface area contributed by atoms with E-state index in [-0.39, 0.29) is 5.63 Å².